The van der Waals surface area contributed by atoms with E-state index in [0.717, 1.165) is 12.0 Å². The van der Waals surface area contributed by atoms with Gasteiger partial charge in [-0.15, -0.1) is 11.3 Å². The number of halogens is 2. The lowest BCUT2D eigenvalue weighted by Crippen LogP contribution is -2.30. The fourth-order valence-corrected chi connectivity index (χ4v) is 4.74. The monoisotopic (exact) mass is 487 g/mol. The smallest absolute Gasteiger partial charge is 0.261 e. The summed E-state index contributed by atoms with van der Waals surface area (Å²) in [6.45, 7) is 0.353. The Bertz CT molecular complexity index is 1160. The van der Waals surface area contributed by atoms with Crippen LogP contribution >= 0.6 is 34.5 Å². The van der Waals surface area contributed by atoms with Gasteiger partial charge in [-0.25, -0.2) is 4.98 Å². The van der Waals surface area contributed by atoms with Gasteiger partial charge in [-0.2, -0.15) is 0 Å². The minimum absolute atomic E-state index is 0.131. The van der Waals surface area contributed by atoms with Crippen LogP contribution < -0.4 is 5.32 Å². The van der Waals surface area contributed by atoms with E-state index in [0.29, 0.717) is 57.8 Å². The van der Waals surface area contributed by atoms with Crippen molar-refractivity contribution in [1.29, 1.82) is 0 Å². The number of hydrogen-bond donors (Lipinski definition) is 1. The first-order valence-corrected chi connectivity index (χ1v) is 11.7. The first-order valence-electron chi connectivity index (χ1n) is 10.1. The molecule has 0 saturated heterocycles. The van der Waals surface area contributed by atoms with E-state index in [1.165, 1.54) is 16.2 Å². The maximum Gasteiger partial charge on any atom is 0.261 e. The number of benzene rings is 2. The van der Waals surface area contributed by atoms with E-state index >= 15 is 0 Å². The number of fused-ring (bicyclic) bond motifs is 1. The molecule has 0 aliphatic carbocycles. The third-order valence-electron chi connectivity index (χ3n) is 5.12. The highest BCUT2D eigenvalue weighted by atomic mass is 35.5. The van der Waals surface area contributed by atoms with Crippen LogP contribution in [-0.2, 0) is 4.79 Å². The Labute approximate surface area is 199 Å². The summed E-state index contributed by atoms with van der Waals surface area (Å²) in [5.41, 5.74) is 2.34. The highest BCUT2D eigenvalue weighted by molar-refractivity contribution is 7.14. The predicted octanol–water partition coefficient (Wildman–Crippen LogP) is 5.91. The van der Waals surface area contributed by atoms with Crippen LogP contribution in [0.3, 0.4) is 0 Å². The molecule has 1 N–H and O–H groups in total. The van der Waals surface area contributed by atoms with Gasteiger partial charge < -0.3 is 5.32 Å². The number of hydrogen-bond acceptors (Lipinski definition) is 5. The molecule has 0 unspecified atom stereocenters. The molecule has 0 spiro atoms. The molecule has 1 aliphatic rings. The molecule has 32 heavy (non-hydrogen) atoms. The molecule has 1 aromatic heterocycles. The molecular weight excluding hydrogens is 469 g/mol. The van der Waals surface area contributed by atoms with E-state index in [1.807, 2.05) is 5.38 Å². The standard InChI is InChI=1S/C23H19Cl2N3O3S/c24-14-9-10-17(18(25)12-14)19-13-32-23(26-19)27-20(29)8-2-1-5-11-28-21(30)15-6-3-4-7-16(15)22(28)31/h3-4,6-7,9-10,12-13H,1-2,5,8,11H2,(H,26,27,29). The number of nitrogens with zero attached hydrogens (tertiary/aromatic N) is 2. The van der Waals surface area contributed by atoms with Gasteiger partial charge in [0.25, 0.3) is 11.8 Å². The molecule has 2 heterocycles. The van der Waals surface area contributed by atoms with Crippen LogP contribution in [0.2, 0.25) is 10.0 Å². The van der Waals surface area contributed by atoms with Crippen molar-refractivity contribution in [3.05, 3.63) is 69.0 Å². The Morgan fingerprint density at radius 2 is 1.69 bits per heavy atom. The zero-order valence-corrected chi connectivity index (χ0v) is 19.3. The topological polar surface area (TPSA) is 79.4 Å². The molecule has 6 nitrogen and oxygen atoms in total. The second kappa shape index (κ2) is 9.81. The predicted molar refractivity (Wildman–Crippen MR) is 126 cm³/mol. The zero-order valence-electron chi connectivity index (χ0n) is 16.9. The van der Waals surface area contributed by atoms with Gasteiger partial charge in [0, 0.05) is 28.9 Å². The van der Waals surface area contributed by atoms with Crippen LogP contribution in [0.4, 0.5) is 5.13 Å². The van der Waals surface area contributed by atoms with Gasteiger partial charge in [-0.1, -0.05) is 41.8 Å². The first kappa shape index (κ1) is 22.5. The maximum atomic E-state index is 12.3. The van der Waals surface area contributed by atoms with Gasteiger partial charge in [0.1, 0.15) is 0 Å². The summed E-state index contributed by atoms with van der Waals surface area (Å²) < 4.78 is 0. The summed E-state index contributed by atoms with van der Waals surface area (Å²) >= 11 is 13.5. The number of carbonyl (C=O) groups is 3. The van der Waals surface area contributed by atoms with E-state index < -0.39 is 0 Å². The Morgan fingerprint density at radius 3 is 2.38 bits per heavy atom. The molecule has 2 aromatic carbocycles. The number of amides is 3. The van der Waals surface area contributed by atoms with E-state index in [9.17, 15) is 14.4 Å². The van der Waals surface area contributed by atoms with Crippen LogP contribution in [0, 0.1) is 0 Å². The number of carbonyl (C=O) groups excluding carboxylic acids is 3. The molecule has 0 fully saturated rings. The van der Waals surface area contributed by atoms with Crippen LogP contribution in [0.1, 0.15) is 46.4 Å². The summed E-state index contributed by atoms with van der Waals surface area (Å²) in [6.07, 6.45) is 2.36. The molecule has 0 atom stereocenters. The van der Waals surface area contributed by atoms with Crippen molar-refractivity contribution in [3.8, 4) is 11.3 Å². The fourth-order valence-electron chi connectivity index (χ4n) is 3.51. The van der Waals surface area contributed by atoms with Gasteiger partial charge in [-0.05, 0) is 43.2 Å². The highest BCUT2D eigenvalue weighted by Crippen LogP contribution is 2.32. The zero-order chi connectivity index (χ0) is 22.7. The Kier molecular flexibility index (Phi) is 6.89. The molecular formula is C23H19Cl2N3O3S. The normalized spacial score (nSPS) is 12.9. The molecule has 4 rings (SSSR count). The van der Waals surface area contributed by atoms with Gasteiger partial charge in [-0.3, -0.25) is 19.3 Å². The maximum absolute atomic E-state index is 12.3. The molecule has 164 valence electrons. The highest BCUT2D eigenvalue weighted by Gasteiger charge is 2.34. The molecule has 0 bridgehead atoms. The molecule has 0 saturated carbocycles. The van der Waals surface area contributed by atoms with E-state index in [1.54, 1.807) is 42.5 Å². The quantitative estimate of drug-likeness (QED) is 0.316. The van der Waals surface area contributed by atoms with Crippen LogP contribution in [0.25, 0.3) is 11.3 Å². The van der Waals surface area contributed by atoms with Crippen LogP contribution in [0.15, 0.2) is 47.8 Å². The largest absolute Gasteiger partial charge is 0.302 e. The Balaban J connectivity index is 1.21. The van der Waals surface area contributed by atoms with Crippen molar-refractivity contribution in [2.75, 3.05) is 11.9 Å². The molecule has 3 aromatic rings. The van der Waals surface area contributed by atoms with Gasteiger partial charge in [0.05, 0.1) is 21.8 Å². The van der Waals surface area contributed by atoms with Crippen molar-refractivity contribution >= 4 is 57.4 Å². The van der Waals surface area contributed by atoms with Crippen molar-refractivity contribution in [2.45, 2.75) is 25.7 Å². The van der Waals surface area contributed by atoms with Crippen LogP contribution in [0.5, 0.6) is 0 Å². The molecule has 3 amide bonds. The molecule has 0 radical (unpaired) electrons. The fraction of sp³-hybridized carbons (Fsp3) is 0.217. The summed E-state index contributed by atoms with van der Waals surface area (Å²) in [5.74, 6) is -0.624. The van der Waals surface area contributed by atoms with Crippen molar-refractivity contribution in [2.24, 2.45) is 0 Å². The van der Waals surface area contributed by atoms with Crippen LogP contribution in [-0.4, -0.2) is 34.2 Å². The number of unbranched alkanes of at least 4 members (excludes halogenated alkanes) is 2. The second-order valence-electron chi connectivity index (χ2n) is 7.33. The number of anilines is 1. The van der Waals surface area contributed by atoms with Gasteiger partial charge in [0.15, 0.2) is 5.13 Å². The second-order valence-corrected chi connectivity index (χ2v) is 9.03. The third-order valence-corrected chi connectivity index (χ3v) is 6.43. The summed E-state index contributed by atoms with van der Waals surface area (Å²) in [7, 11) is 0. The number of thiazole rings is 1. The lowest BCUT2D eigenvalue weighted by atomic mass is 10.1. The first-order chi connectivity index (χ1) is 15.4. The lowest BCUT2D eigenvalue weighted by molar-refractivity contribution is -0.116. The van der Waals surface area contributed by atoms with Gasteiger partial charge >= 0.3 is 0 Å². The minimum atomic E-state index is -0.247. The average Bonchev–Trinajstić information content (AvgIpc) is 3.32. The van der Waals surface area contributed by atoms with E-state index in [-0.39, 0.29) is 17.7 Å². The minimum Gasteiger partial charge on any atom is -0.302 e. The summed E-state index contributed by atoms with van der Waals surface area (Å²) in [4.78, 5) is 42.6. The van der Waals surface area contributed by atoms with Crippen molar-refractivity contribution in [1.82, 2.24) is 9.88 Å². The van der Waals surface area contributed by atoms with E-state index in [4.69, 9.17) is 23.2 Å². The third kappa shape index (κ3) is 4.85. The number of rotatable bonds is 8. The number of nitrogens with one attached hydrogen (secondary N) is 1. The Hall–Kier alpha value is -2.74. The van der Waals surface area contributed by atoms with Gasteiger partial charge in [0.2, 0.25) is 5.91 Å². The summed E-state index contributed by atoms with van der Waals surface area (Å²) in [6, 6.07) is 12.0. The number of aromatic nitrogens is 1. The Morgan fingerprint density at radius 1 is 0.969 bits per heavy atom. The molecule has 9 heteroatoms. The average molecular weight is 488 g/mol. The SMILES string of the molecule is O=C(CCCCCN1C(=O)c2ccccc2C1=O)Nc1nc(-c2ccc(Cl)cc2Cl)cs1. The van der Waals surface area contributed by atoms with Crippen molar-refractivity contribution in [3.63, 3.8) is 0 Å². The summed E-state index contributed by atoms with van der Waals surface area (Å²) in [5, 5.41) is 6.18. The lowest BCUT2D eigenvalue weighted by Gasteiger charge is -2.13. The molecule has 1 aliphatic heterocycles. The van der Waals surface area contributed by atoms with E-state index in [2.05, 4.69) is 10.3 Å². The van der Waals surface area contributed by atoms with Crippen molar-refractivity contribution < 1.29 is 14.4 Å². The number of imide groups is 1.